The number of nitrogens with one attached hydrogen (secondary N) is 1. The number of aromatic hydroxyl groups is 1. The molecule has 1 amide bonds. The number of hydrogen-bond acceptors (Lipinski definition) is 4. The molecular weight excluding hydrogens is 220 g/mol. The summed E-state index contributed by atoms with van der Waals surface area (Å²) in [6.07, 6.45) is 0.524. The van der Waals surface area contributed by atoms with Gasteiger partial charge in [0, 0.05) is 6.54 Å². The van der Waals surface area contributed by atoms with Crippen LogP contribution < -0.4 is 11.1 Å². The van der Waals surface area contributed by atoms with Crippen LogP contribution in [0.3, 0.4) is 0 Å². The second-order valence-electron chi connectivity index (χ2n) is 4.28. The summed E-state index contributed by atoms with van der Waals surface area (Å²) < 4.78 is 0. The van der Waals surface area contributed by atoms with Crippen molar-refractivity contribution >= 4 is 11.6 Å². The molecule has 5 nitrogen and oxygen atoms in total. The number of aliphatic hydroxyl groups is 1. The van der Waals surface area contributed by atoms with Gasteiger partial charge < -0.3 is 21.3 Å². The minimum absolute atomic E-state index is 0.108. The Morgan fingerprint density at radius 2 is 2.18 bits per heavy atom. The van der Waals surface area contributed by atoms with Gasteiger partial charge in [-0.25, -0.2) is 0 Å². The van der Waals surface area contributed by atoms with Gasteiger partial charge in [-0.3, -0.25) is 4.79 Å². The molecular formula is C12H18N2O3. The number of rotatable bonds is 4. The largest absolute Gasteiger partial charge is 0.505 e. The molecule has 0 fully saturated rings. The Hall–Kier alpha value is -1.75. The smallest absolute Gasteiger partial charge is 0.255 e. The summed E-state index contributed by atoms with van der Waals surface area (Å²) in [5, 5.41) is 21.9. The SMILES string of the molecule is CCC(C)(O)CNC(=O)c1cccc(N)c1O. The van der Waals surface area contributed by atoms with E-state index < -0.39 is 11.5 Å². The van der Waals surface area contributed by atoms with Crippen LogP contribution in [0, 0.1) is 0 Å². The number of carbonyl (C=O) groups excluding carboxylic acids is 1. The van der Waals surface area contributed by atoms with E-state index in [1.807, 2.05) is 6.92 Å². The number of phenols is 1. The minimum Gasteiger partial charge on any atom is -0.505 e. The first-order chi connectivity index (χ1) is 7.87. The number of hydrogen-bond donors (Lipinski definition) is 4. The summed E-state index contributed by atoms with van der Waals surface area (Å²) in [6.45, 7) is 3.58. The maximum atomic E-state index is 11.7. The average Bonchev–Trinajstić information content (AvgIpc) is 2.30. The first kappa shape index (κ1) is 13.3. The average molecular weight is 238 g/mol. The summed E-state index contributed by atoms with van der Waals surface area (Å²) in [4.78, 5) is 11.7. The maximum absolute atomic E-state index is 11.7. The van der Waals surface area contributed by atoms with Crippen LogP contribution in [0.1, 0.15) is 30.6 Å². The van der Waals surface area contributed by atoms with Crippen molar-refractivity contribution in [3.63, 3.8) is 0 Å². The number of benzene rings is 1. The normalized spacial score (nSPS) is 14.1. The molecule has 5 N–H and O–H groups in total. The van der Waals surface area contributed by atoms with E-state index in [0.717, 1.165) is 0 Å². The van der Waals surface area contributed by atoms with Crippen molar-refractivity contribution in [3.05, 3.63) is 23.8 Å². The zero-order chi connectivity index (χ0) is 13.1. The van der Waals surface area contributed by atoms with Crippen LogP contribution >= 0.6 is 0 Å². The van der Waals surface area contributed by atoms with E-state index in [1.165, 1.54) is 12.1 Å². The fourth-order valence-corrected chi connectivity index (χ4v) is 1.24. The van der Waals surface area contributed by atoms with Crippen LogP contribution in [-0.4, -0.2) is 28.3 Å². The second kappa shape index (κ2) is 5.05. The lowest BCUT2D eigenvalue weighted by Gasteiger charge is -2.21. The number of amides is 1. The summed E-state index contributed by atoms with van der Waals surface area (Å²) in [5.41, 5.74) is 4.80. The molecule has 1 aromatic carbocycles. The van der Waals surface area contributed by atoms with E-state index in [0.29, 0.717) is 6.42 Å². The Balaban J connectivity index is 2.74. The van der Waals surface area contributed by atoms with Crippen LogP contribution in [0.25, 0.3) is 0 Å². The Kier molecular flexibility index (Phi) is 3.96. The van der Waals surface area contributed by atoms with E-state index in [-0.39, 0.29) is 23.5 Å². The van der Waals surface area contributed by atoms with Crippen LogP contribution in [0.2, 0.25) is 0 Å². The molecule has 1 unspecified atom stereocenters. The molecule has 0 saturated heterocycles. The van der Waals surface area contributed by atoms with Gasteiger partial charge in [0.05, 0.1) is 16.9 Å². The molecule has 0 bridgehead atoms. The van der Waals surface area contributed by atoms with Crippen molar-refractivity contribution in [2.24, 2.45) is 0 Å². The molecule has 1 aromatic rings. The molecule has 5 heteroatoms. The summed E-state index contributed by atoms with van der Waals surface area (Å²) in [6, 6.07) is 4.57. The van der Waals surface area contributed by atoms with Crippen molar-refractivity contribution < 1.29 is 15.0 Å². The molecule has 1 rings (SSSR count). The second-order valence-corrected chi connectivity index (χ2v) is 4.28. The van der Waals surface area contributed by atoms with Crippen molar-refractivity contribution in [1.82, 2.24) is 5.32 Å². The maximum Gasteiger partial charge on any atom is 0.255 e. The van der Waals surface area contributed by atoms with E-state index >= 15 is 0 Å². The number of phenolic OH excluding ortho intramolecular Hbond substituents is 1. The van der Waals surface area contributed by atoms with E-state index in [2.05, 4.69) is 5.32 Å². The zero-order valence-electron chi connectivity index (χ0n) is 10.0. The van der Waals surface area contributed by atoms with Crippen LogP contribution in [0.15, 0.2) is 18.2 Å². The number of nitrogen functional groups attached to an aromatic ring is 1. The van der Waals surface area contributed by atoms with Gasteiger partial charge in [0.1, 0.15) is 0 Å². The Labute approximate surface area is 100 Å². The van der Waals surface area contributed by atoms with Crippen molar-refractivity contribution in [1.29, 1.82) is 0 Å². The number of para-hydroxylation sites is 1. The Morgan fingerprint density at radius 3 is 2.76 bits per heavy atom. The highest BCUT2D eigenvalue weighted by molar-refractivity contribution is 5.98. The standard InChI is InChI=1S/C12H18N2O3/c1-3-12(2,17)7-14-11(16)8-5-4-6-9(13)10(8)15/h4-6,15,17H,3,7,13H2,1-2H3,(H,14,16). The molecule has 0 saturated carbocycles. The third-order valence-electron chi connectivity index (χ3n) is 2.70. The molecule has 0 aliphatic rings. The first-order valence-electron chi connectivity index (χ1n) is 5.45. The highest BCUT2D eigenvalue weighted by Gasteiger charge is 2.20. The molecule has 0 aromatic heterocycles. The van der Waals surface area contributed by atoms with Gasteiger partial charge >= 0.3 is 0 Å². The van der Waals surface area contributed by atoms with Gasteiger partial charge in [0.15, 0.2) is 5.75 Å². The quantitative estimate of drug-likeness (QED) is 0.462. The molecule has 17 heavy (non-hydrogen) atoms. The number of nitrogens with two attached hydrogens (primary N) is 1. The van der Waals surface area contributed by atoms with Crippen molar-refractivity contribution in [3.8, 4) is 5.75 Å². The highest BCUT2D eigenvalue weighted by Crippen LogP contribution is 2.24. The lowest BCUT2D eigenvalue weighted by atomic mass is 10.0. The van der Waals surface area contributed by atoms with Gasteiger partial charge in [0.2, 0.25) is 0 Å². The van der Waals surface area contributed by atoms with Gasteiger partial charge in [-0.2, -0.15) is 0 Å². The zero-order valence-corrected chi connectivity index (χ0v) is 10.0. The third-order valence-corrected chi connectivity index (χ3v) is 2.70. The molecule has 0 aliphatic heterocycles. The topological polar surface area (TPSA) is 95.6 Å². The minimum atomic E-state index is -0.953. The molecule has 0 heterocycles. The summed E-state index contributed by atoms with van der Waals surface area (Å²) >= 11 is 0. The van der Waals surface area contributed by atoms with Gasteiger partial charge in [-0.1, -0.05) is 13.0 Å². The predicted octanol–water partition coefficient (Wildman–Crippen LogP) is 0.865. The monoisotopic (exact) mass is 238 g/mol. The van der Waals surface area contributed by atoms with E-state index in [4.69, 9.17) is 5.73 Å². The number of anilines is 1. The molecule has 0 spiro atoms. The van der Waals surface area contributed by atoms with E-state index in [9.17, 15) is 15.0 Å². The molecule has 94 valence electrons. The fourth-order valence-electron chi connectivity index (χ4n) is 1.24. The van der Waals surface area contributed by atoms with Crippen molar-refractivity contribution in [2.75, 3.05) is 12.3 Å². The Bertz CT molecular complexity index is 416. The lowest BCUT2D eigenvalue weighted by Crippen LogP contribution is -2.40. The van der Waals surface area contributed by atoms with Crippen molar-refractivity contribution in [2.45, 2.75) is 25.9 Å². The predicted molar refractivity (Wildman–Crippen MR) is 65.8 cm³/mol. The van der Waals surface area contributed by atoms with Crippen LogP contribution in [0.5, 0.6) is 5.75 Å². The van der Waals surface area contributed by atoms with Crippen LogP contribution in [0.4, 0.5) is 5.69 Å². The Morgan fingerprint density at radius 1 is 1.53 bits per heavy atom. The summed E-state index contributed by atoms with van der Waals surface area (Å²) in [5.74, 6) is -0.690. The highest BCUT2D eigenvalue weighted by atomic mass is 16.3. The van der Waals surface area contributed by atoms with Gasteiger partial charge in [-0.15, -0.1) is 0 Å². The van der Waals surface area contributed by atoms with Gasteiger partial charge in [-0.05, 0) is 25.5 Å². The van der Waals surface area contributed by atoms with Gasteiger partial charge in [0.25, 0.3) is 5.91 Å². The summed E-state index contributed by atoms with van der Waals surface area (Å²) in [7, 11) is 0. The fraction of sp³-hybridized carbons (Fsp3) is 0.417. The molecule has 0 aliphatic carbocycles. The first-order valence-corrected chi connectivity index (χ1v) is 5.45. The van der Waals surface area contributed by atoms with E-state index in [1.54, 1.807) is 13.0 Å². The molecule has 1 atom stereocenters. The lowest BCUT2D eigenvalue weighted by molar-refractivity contribution is 0.0517. The van der Waals surface area contributed by atoms with Crippen LogP contribution in [-0.2, 0) is 0 Å². The third kappa shape index (κ3) is 3.35. The molecule has 0 radical (unpaired) electrons. The number of carbonyl (C=O) groups is 1.